The predicted octanol–water partition coefficient (Wildman–Crippen LogP) is 4.10. The molecular weight excluding hydrogens is 230 g/mol. The molecule has 19 heavy (non-hydrogen) atoms. The van der Waals surface area contributed by atoms with Crippen molar-refractivity contribution in [3.63, 3.8) is 0 Å². The van der Waals surface area contributed by atoms with Gasteiger partial charge in [0.15, 0.2) is 0 Å². The first-order valence-corrected chi connectivity index (χ1v) is 8.11. The van der Waals surface area contributed by atoms with Crippen LogP contribution in [0.4, 0.5) is 0 Å². The molecule has 104 valence electrons. The molecule has 1 heteroatoms. The molecule has 1 unspecified atom stereocenters. The minimum atomic E-state index is 0.848. The first-order chi connectivity index (χ1) is 9.33. The van der Waals surface area contributed by atoms with Crippen molar-refractivity contribution in [3.05, 3.63) is 35.4 Å². The van der Waals surface area contributed by atoms with Crippen LogP contribution in [-0.2, 0) is 6.42 Å². The summed E-state index contributed by atoms with van der Waals surface area (Å²) < 4.78 is 0. The molecule has 0 saturated heterocycles. The molecule has 1 aromatic carbocycles. The highest BCUT2D eigenvalue weighted by atomic mass is 14.9. The summed E-state index contributed by atoms with van der Waals surface area (Å²) in [5, 5.41) is 3.77. The van der Waals surface area contributed by atoms with E-state index >= 15 is 0 Å². The second-order valence-electron chi connectivity index (χ2n) is 6.62. The third-order valence-corrected chi connectivity index (χ3v) is 5.06. The topological polar surface area (TPSA) is 12.0 Å². The number of nitrogens with one attached hydrogen (secondary N) is 1. The van der Waals surface area contributed by atoms with Gasteiger partial charge >= 0.3 is 0 Å². The van der Waals surface area contributed by atoms with Crippen molar-refractivity contribution in [1.29, 1.82) is 0 Å². The lowest BCUT2D eigenvalue weighted by molar-refractivity contribution is 0.319. The van der Waals surface area contributed by atoms with Crippen molar-refractivity contribution < 1.29 is 0 Å². The van der Waals surface area contributed by atoms with E-state index in [4.69, 9.17) is 0 Å². The molecule has 2 saturated carbocycles. The fourth-order valence-corrected chi connectivity index (χ4v) is 3.56. The Morgan fingerprint density at radius 2 is 1.84 bits per heavy atom. The van der Waals surface area contributed by atoms with Crippen LogP contribution in [0, 0.1) is 18.8 Å². The molecule has 2 aliphatic carbocycles. The van der Waals surface area contributed by atoms with E-state index < -0.39 is 0 Å². The molecule has 0 aliphatic heterocycles. The Kier molecular flexibility index (Phi) is 4.22. The summed E-state index contributed by atoms with van der Waals surface area (Å²) in [6.07, 6.45) is 9.92. The summed E-state index contributed by atoms with van der Waals surface area (Å²) in [5.41, 5.74) is 3.04. The highest BCUT2D eigenvalue weighted by Crippen LogP contribution is 2.34. The first-order valence-electron chi connectivity index (χ1n) is 8.11. The normalized spacial score (nSPS) is 21.7. The van der Waals surface area contributed by atoms with E-state index in [2.05, 4.69) is 36.5 Å². The Balaban J connectivity index is 1.64. The Hall–Kier alpha value is -0.820. The second-order valence-corrected chi connectivity index (χ2v) is 6.62. The number of hydrogen-bond acceptors (Lipinski definition) is 1. The number of hydrogen-bond donors (Lipinski definition) is 1. The molecule has 0 bridgehead atoms. The van der Waals surface area contributed by atoms with Gasteiger partial charge in [0.25, 0.3) is 0 Å². The zero-order valence-corrected chi connectivity index (χ0v) is 12.2. The standard InChI is InChI=1S/C18H27N/c1-14-6-2-3-9-16(14)12-17(13-19-18-10-11-18)15-7-4-5-8-15/h2-3,6,9,15,17-19H,4-5,7-8,10-13H2,1H3. The predicted molar refractivity (Wildman–Crippen MR) is 81.4 cm³/mol. The van der Waals surface area contributed by atoms with E-state index in [1.54, 1.807) is 5.56 Å². The quantitative estimate of drug-likeness (QED) is 0.809. The average Bonchev–Trinajstić information content (AvgIpc) is 3.09. The van der Waals surface area contributed by atoms with Gasteiger partial charge in [-0.1, -0.05) is 49.9 Å². The molecule has 0 aromatic heterocycles. The molecule has 0 radical (unpaired) electrons. The molecule has 1 N–H and O–H groups in total. The van der Waals surface area contributed by atoms with E-state index in [0.717, 1.165) is 17.9 Å². The van der Waals surface area contributed by atoms with Gasteiger partial charge in [0.05, 0.1) is 0 Å². The Labute approximate surface area is 117 Å². The van der Waals surface area contributed by atoms with E-state index in [1.807, 2.05) is 0 Å². The van der Waals surface area contributed by atoms with Crippen molar-refractivity contribution in [2.45, 2.75) is 57.9 Å². The minimum absolute atomic E-state index is 0.848. The first kappa shape index (κ1) is 13.2. The lowest BCUT2D eigenvalue weighted by atomic mass is 9.84. The average molecular weight is 257 g/mol. The molecule has 3 rings (SSSR count). The Morgan fingerprint density at radius 1 is 1.11 bits per heavy atom. The monoisotopic (exact) mass is 257 g/mol. The third-order valence-electron chi connectivity index (χ3n) is 5.06. The molecule has 2 aliphatic rings. The summed E-state index contributed by atoms with van der Waals surface area (Å²) in [6, 6.07) is 9.79. The third kappa shape index (κ3) is 3.60. The second kappa shape index (κ2) is 6.09. The zero-order chi connectivity index (χ0) is 13.1. The Morgan fingerprint density at radius 3 is 2.53 bits per heavy atom. The highest BCUT2D eigenvalue weighted by molar-refractivity contribution is 5.26. The van der Waals surface area contributed by atoms with Crippen LogP contribution < -0.4 is 5.32 Å². The smallest absolute Gasteiger partial charge is 0.00683 e. The minimum Gasteiger partial charge on any atom is -0.314 e. The maximum Gasteiger partial charge on any atom is 0.00683 e. The summed E-state index contributed by atoms with van der Waals surface area (Å²) in [4.78, 5) is 0. The van der Waals surface area contributed by atoms with Gasteiger partial charge in [-0.2, -0.15) is 0 Å². The highest BCUT2D eigenvalue weighted by Gasteiger charge is 2.28. The van der Waals surface area contributed by atoms with Crippen LogP contribution in [0.3, 0.4) is 0 Å². The fraction of sp³-hybridized carbons (Fsp3) is 0.667. The van der Waals surface area contributed by atoms with Crippen LogP contribution in [0.2, 0.25) is 0 Å². The lowest BCUT2D eigenvalue weighted by Crippen LogP contribution is -2.30. The van der Waals surface area contributed by atoms with Crippen LogP contribution in [0.25, 0.3) is 0 Å². The molecule has 1 atom stereocenters. The maximum absolute atomic E-state index is 3.77. The molecule has 0 spiro atoms. The van der Waals surface area contributed by atoms with Crippen LogP contribution in [-0.4, -0.2) is 12.6 Å². The molecule has 1 aromatic rings. The van der Waals surface area contributed by atoms with E-state index in [0.29, 0.717) is 0 Å². The van der Waals surface area contributed by atoms with Gasteiger partial charge < -0.3 is 5.32 Å². The summed E-state index contributed by atoms with van der Waals surface area (Å²) in [6.45, 7) is 3.50. The number of benzene rings is 1. The van der Waals surface area contributed by atoms with Crippen molar-refractivity contribution in [2.75, 3.05) is 6.54 Å². The number of aryl methyl sites for hydroxylation is 1. The van der Waals surface area contributed by atoms with Crippen LogP contribution in [0.5, 0.6) is 0 Å². The summed E-state index contributed by atoms with van der Waals surface area (Å²) >= 11 is 0. The van der Waals surface area contributed by atoms with Gasteiger partial charge in [-0.25, -0.2) is 0 Å². The van der Waals surface area contributed by atoms with E-state index in [9.17, 15) is 0 Å². The van der Waals surface area contributed by atoms with E-state index in [1.165, 1.54) is 57.1 Å². The maximum atomic E-state index is 3.77. The molecule has 0 amide bonds. The number of rotatable bonds is 6. The largest absolute Gasteiger partial charge is 0.314 e. The van der Waals surface area contributed by atoms with E-state index in [-0.39, 0.29) is 0 Å². The summed E-state index contributed by atoms with van der Waals surface area (Å²) in [7, 11) is 0. The zero-order valence-electron chi connectivity index (χ0n) is 12.2. The Bertz CT molecular complexity index is 402. The summed E-state index contributed by atoms with van der Waals surface area (Å²) in [5.74, 6) is 1.81. The van der Waals surface area contributed by atoms with Gasteiger partial charge in [-0.15, -0.1) is 0 Å². The fourth-order valence-electron chi connectivity index (χ4n) is 3.56. The van der Waals surface area contributed by atoms with Gasteiger partial charge in [0.1, 0.15) is 0 Å². The van der Waals surface area contributed by atoms with Crippen LogP contribution in [0.1, 0.15) is 49.7 Å². The van der Waals surface area contributed by atoms with Crippen molar-refractivity contribution >= 4 is 0 Å². The van der Waals surface area contributed by atoms with Gasteiger partial charge in [0, 0.05) is 6.04 Å². The van der Waals surface area contributed by atoms with Gasteiger partial charge in [0.2, 0.25) is 0 Å². The van der Waals surface area contributed by atoms with Gasteiger partial charge in [-0.3, -0.25) is 0 Å². The van der Waals surface area contributed by atoms with Crippen molar-refractivity contribution in [2.24, 2.45) is 11.8 Å². The SMILES string of the molecule is Cc1ccccc1CC(CNC1CC1)C1CCCC1. The van der Waals surface area contributed by atoms with Crippen LogP contribution >= 0.6 is 0 Å². The van der Waals surface area contributed by atoms with Crippen LogP contribution in [0.15, 0.2) is 24.3 Å². The van der Waals surface area contributed by atoms with Crippen molar-refractivity contribution in [1.82, 2.24) is 5.32 Å². The molecule has 2 fully saturated rings. The molecule has 0 heterocycles. The molecule has 1 nitrogen and oxygen atoms in total. The van der Waals surface area contributed by atoms with Gasteiger partial charge in [-0.05, 0) is 55.7 Å². The van der Waals surface area contributed by atoms with Crippen molar-refractivity contribution in [3.8, 4) is 0 Å². The molecular formula is C18H27N. The lowest BCUT2D eigenvalue weighted by Gasteiger charge is -2.25.